The number of hydrogen-bond donors (Lipinski definition) is 2. The summed E-state index contributed by atoms with van der Waals surface area (Å²) in [4.78, 5) is 11.2. The summed E-state index contributed by atoms with van der Waals surface area (Å²) in [6, 6.07) is 15.2. The van der Waals surface area contributed by atoms with Gasteiger partial charge >= 0.3 is 5.97 Å². The van der Waals surface area contributed by atoms with Gasteiger partial charge < -0.3 is 10.4 Å². The molecule has 2 aromatic rings. The van der Waals surface area contributed by atoms with Crippen molar-refractivity contribution >= 4 is 22.9 Å². The molecule has 27 heavy (non-hydrogen) atoms. The van der Waals surface area contributed by atoms with E-state index in [1.54, 1.807) is 12.1 Å². The van der Waals surface area contributed by atoms with Crippen molar-refractivity contribution in [1.29, 1.82) is 0 Å². The van der Waals surface area contributed by atoms with Gasteiger partial charge in [0.2, 0.25) is 0 Å². The number of carboxylic acids is 1. The summed E-state index contributed by atoms with van der Waals surface area (Å²) in [5.41, 5.74) is 6.67. The summed E-state index contributed by atoms with van der Waals surface area (Å²) in [5, 5.41) is 12.3. The van der Waals surface area contributed by atoms with E-state index in [2.05, 4.69) is 46.3 Å². The van der Waals surface area contributed by atoms with Crippen molar-refractivity contribution in [2.45, 2.75) is 0 Å². The molecule has 0 radical (unpaired) electrons. The van der Waals surface area contributed by atoms with Crippen LogP contribution in [-0.4, -0.2) is 42.5 Å². The highest BCUT2D eigenvalue weighted by Gasteiger charge is 2.14. The molecule has 4 nitrogen and oxygen atoms in total. The Labute approximate surface area is 159 Å². The Morgan fingerprint density at radius 3 is 1.74 bits per heavy atom. The van der Waals surface area contributed by atoms with Gasteiger partial charge in [-0.05, 0) is 58.7 Å². The lowest BCUT2D eigenvalue weighted by atomic mass is 9.90. The first-order valence-electron chi connectivity index (χ1n) is 8.76. The first-order chi connectivity index (χ1) is 13.0. The van der Waals surface area contributed by atoms with Crippen LogP contribution < -0.4 is 5.32 Å². The number of anilines is 1. The maximum absolute atomic E-state index is 11.2. The van der Waals surface area contributed by atoms with E-state index in [0.29, 0.717) is 0 Å². The van der Waals surface area contributed by atoms with Crippen LogP contribution in [-0.2, 0) is 0 Å². The van der Waals surface area contributed by atoms with Crippen LogP contribution in [0, 0.1) is 0 Å². The summed E-state index contributed by atoms with van der Waals surface area (Å²) < 4.78 is 2.06. The lowest BCUT2D eigenvalue weighted by molar-refractivity contribution is -0.462. The number of hydrogen-bond acceptors (Lipinski definition) is 2. The molecule has 0 fully saturated rings. The van der Waals surface area contributed by atoms with E-state index in [0.717, 1.165) is 33.7 Å². The van der Waals surface area contributed by atoms with Crippen molar-refractivity contribution in [1.82, 2.24) is 0 Å². The molecule has 0 amide bonds. The lowest BCUT2D eigenvalue weighted by Gasteiger charge is -2.14. The average Bonchev–Trinajstić information content (AvgIpc) is 2.69. The van der Waals surface area contributed by atoms with Crippen LogP contribution in [0.5, 0.6) is 0 Å². The molecule has 0 atom stereocenters. The topological polar surface area (TPSA) is 52.3 Å². The summed E-state index contributed by atoms with van der Waals surface area (Å²) in [6.07, 6.45) is 8.37. The molecule has 0 spiro atoms. The molecule has 0 aromatic heterocycles. The minimum Gasteiger partial charge on any atom is -0.478 e. The Balaban J connectivity index is 2.13. The zero-order chi connectivity index (χ0) is 19.4. The zero-order valence-corrected chi connectivity index (χ0v) is 15.7. The number of benzene rings is 2. The monoisotopic (exact) mass is 359 g/mol. The van der Waals surface area contributed by atoms with Crippen LogP contribution in [0.1, 0.15) is 21.5 Å². The van der Waals surface area contributed by atoms with Gasteiger partial charge in [-0.3, -0.25) is 0 Å². The highest BCUT2D eigenvalue weighted by atomic mass is 16.4. The molecule has 0 aliphatic heterocycles. The minimum absolute atomic E-state index is 0.284. The minimum atomic E-state index is -0.920. The zero-order valence-electron chi connectivity index (χ0n) is 15.7. The average molecular weight is 359 g/mol. The molecule has 3 rings (SSSR count). The number of rotatable bonds is 4. The molecule has 0 bridgehead atoms. The van der Waals surface area contributed by atoms with Crippen molar-refractivity contribution in [2.24, 2.45) is 0 Å². The quantitative estimate of drug-likeness (QED) is 0.809. The first kappa shape index (κ1) is 18.4. The van der Waals surface area contributed by atoms with Crippen LogP contribution in [0.4, 0.5) is 5.69 Å². The third-order valence-corrected chi connectivity index (χ3v) is 4.56. The molecule has 4 heteroatoms. The van der Waals surface area contributed by atoms with Gasteiger partial charge in [0.25, 0.3) is 0 Å². The third kappa shape index (κ3) is 4.06. The van der Waals surface area contributed by atoms with E-state index in [1.165, 1.54) is 0 Å². The smallest absolute Gasteiger partial charge is 0.335 e. The molecule has 1 aliphatic rings. The van der Waals surface area contributed by atoms with Crippen LogP contribution in [0.3, 0.4) is 0 Å². The Hall–Kier alpha value is -3.40. The Morgan fingerprint density at radius 2 is 1.30 bits per heavy atom. The number of carboxylic acid groups (broad SMARTS) is 1. The number of nitrogens with zero attached hydrogens (tertiary/aromatic N) is 1. The summed E-state index contributed by atoms with van der Waals surface area (Å²) in [6.45, 7) is 0. The molecule has 136 valence electrons. The van der Waals surface area contributed by atoms with E-state index in [-0.39, 0.29) is 5.56 Å². The van der Waals surface area contributed by atoms with Gasteiger partial charge in [0.15, 0.2) is 5.71 Å². The van der Waals surface area contributed by atoms with Crippen LogP contribution in [0.15, 0.2) is 78.4 Å². The Kier molecular flexibility index (Phi) is 5.36. The molecule has 0 saturated carbocycles. The second-order valence-corrected chi connectivity index (χ2v) is 6.53. The van der Waals surface area contributed by atoms with Crippen molar-refractivity contribution < 1.29 is 14.5 Å². The Morgan fingerprint density at radius 1 is 0.815 bits per heavy atom. The van der Waals surface area contributed by atoms with Crippen molar-refractivity contribution in [3.8, 4) is 0 Å². The fraction of sp³-hybridized carbons (Fsp3) is 0.130. The fourth-order valence-corrected chi connectivity index (χ4v) is 3.01. The van der Waals surface area contributed by atoms with E-state index in [1.807, 2.05) is 45.4 Å². The molecule has 0 saturated heterocycles. The highest BCUT2D eigenvalue weighted by molar-refractivity contribution is 6.04. The van der Waals surface area contributed by atoms with Crippen molar-refractivity contribution in [2.75, 3.05) is 26.5 Å². The normalized spacial score (nSPS) is 12.9. The van der Waals surface area contributed by atoms with E-state index >= 15 is 0 Å². The number of aromatic carboxylic acids is 1. The molecule has 0 heterocycles. The van der Waals surface area contributed by atoms with Gasteiger partial charge in [0.1, 0.15) is 14.1 Å². The maximum Gasteiger partial charge on any atom is 0.335 e. The van der Waals surface area contributed by atoms with Crippen LogP contribution >= 0.6 is 0 Å². The van der Waals surface area contributed by atoms with E-state index < -0.39 is 5.97 Å². The van der Waals surface area contributed by atoms with Gasteiger partial charge in [-0.25, -0.2) is 9.37 Å². The number of carbonyl (C=O) groups is 1. The Bertz CT molecular complexity index is 954. The fourth-order valence-electron chi connectivity index (χ4n) is 3.01. The molecular weight excluding hydrogens is 336 g/mol. The van der Waals surface area contributed by atoms with Gasteiger partial charge in [0.05, 0.1) is 5.56 Å². The predicted molar refractivity (Wildman–Crippen MR) is 111 cm³/mol. The van der Waals surface area contributed by atoms with Gasteiger partial charge in [0, 0.05) is 24.9 Å². The SMILES string of the molecule is CNc1ccc(C(=C2C=CC(=[N+](C)C)C=C2)c2ccc(C(=O)O)cc2)cc1. The van der Waals surface area contributed by atoms with Crippen LogP contribution in [0.2, 0.25) is 0 Å². The molecule has 1 aliphatic carbocycles. The third-order valence-electron chi connectivity index (χ3n) is 4.56. The molecular formula is C23H23N2O2+. The maximum atomic E-state index is 11.2. The number of allylic oxidation sites excluding steroid dienone is 5. The second-order valence-electron chi connectivity index (χ2n) is 6.53. The second kappa shape index (κ2) is 7.87. The lowest BCUT2D eigenvalue weighted by Crippen LogP contribution is -2.10. The molecule has 0 unspecified atom stereocenters. The first-order valence-corrected chi connectivity index (χ1v) is 8.76. The largest absolute Gasteiger partial charge is 0.478 e. The van der Waals surface area contributed by atoms with E-state index in [4.69, 9.17) is 0 Å². The van der Waals surface area contributed by atoms with Crippen molar-refractivity contribution in [3.63, 3.8) is 0 Å². The standard InChI is InChI=1S/C23H22N2O2/c1-24-20-12-8-17(9-13-20)22(16-4-6-19(7-5-16)23(26)27)18-10-14-21(15-11-18)25(2)3/h4-15H,1-3H3,(H,26,27)/p+1. The molecule has 2 N–H and O–H groups in total. The van der Waals surface area contributed by atoms with Gasteiger partial charge in [-0.1, -0.05) is 24.3 Å². The van der Waals surface area contributed by atoms with Crippen LogP contribution in [0.25, 0.3) is 5.57 Å². The van der Waals surface area contributed by atoms with Gasteiger partial charge in [-0.2, -0.15) is 0 Å². The summed E-state index contributed by atoms with van der Waals surface area (Å²) in [7, 11) is 5.92. The number of nitrogens with one attached hydrogen (secondary N) is 1. The summed E-state index contributed by atoms with van der Waals surface area (Å²) in [5.74, 6) is -0.920. The highest BCUT2D eigenvalue weighted by Crippen LogP contribution is 2.30. The van der Waals surface area contributed by atoms with Gasteiger partial charge in [-0.15, -0.1) is 0 Å². The predicted octanol–water partition coefficient (Wildman–Crippen LogP) is 4.07. The van der Waals surface area contributed by atoms with Crippen molar-refractivity contribution in [3.05, 3.63) is 95.1 Å². The molecule has 2 aromatic carbocycles. The van der Waals surface area contributed by atoms with E-state index in [9.17, 15) is 9.90 Å². The summed E-state index contributed by atoms with van der Waals surface area (Å²) >= 11 is 0.